The van der Waals surface area contributed by atoms with E-state index in [0.29, 0.717) is 6.61 Å². The molecule has 1 unspecified atom stereocenters. The molecule has 3 nitrogen and oxygen atoms in total. The molecule has 0 spiro atoms. The minimum atomic E-state index is -0.211. The molecule has 0 radical (unpaired) electrons. The predicted octanol–water partition coefficient (Wildman–Crippen LogP) is 3.90. The summed E-state index contributed by atoms with van der Waals surface area (Å²) >= 11 is 5.77. The molecule has 2 rings (SSSR count). The van der Waals surface area contributed by atoms with Gasteiger partial charge in [-0.2, -0.15) is 0 Å². The Hall–Kier alpha value is -0.660. The summed E-state index contributed by atoms with van der Waals surface area (Å²) in [5.74, 6) is 0.750. The zero-order valence-electron chi connectivity index (χ0n) is 10.4. The number of rotatable bonds is 4. The normalized spacial score (nSPS) is 12.2. The highest BCUT2D eigenvalue weighted by Gasteiger charge is 2.14. The van der Waals surface area contributed by atoms with E-state index >= 15 is 0 Å². The molecule has 19 heavy (non-hydrogen) atoms. The SMILES string of the molecule is CCOc1cncc(C(N)c2cc(Br)ccc2I)c1. The van der Waals surface area contributed by atoms with Gasteiger partial charge >= 0.3 is 0 Å². The van der Waals surface area contributed by atoms with E-state index in [2.05, 4.69) is 43.5 Å². The second-order valence-electron chi connectivity index (χ2n) is 4.03. The van der Waals surface area contributed by atoms with Gasteiger partial charge in [0.2, 0.25) is 0 Å². The maximum Gasteiger partial charge on any atom is 0.137 e. The maximum atomic E-state index is 6.33. The highest BCUT2D eigenvalue weighted by molar-refractivity contribution is 14.1. The topological polar surface area (TPSA) is 48.1 Å². The Kier molecular flexibility index (Phi) is 5.18. The van der Waals surface area contributed by atoms with Crippen molar-refractivity contribution in [3.8, 4) is 5.75 Å². The Morgan fingerprint density at radius 2 is 2.16 bits per heavy atom. The number of nitrogens with zero attached hydrogens (tertiary/aromatic N) is 1. The lowest BCUT2D eigenvalue weighted by Gasteiger charge is -2.15. The van der Waals surface area contributed by atoms with Crippen molar-refractivity contribution in [1.29, 1.82) is 0 Å². The molecule has 2 N–H and O–H groups in total. The van der Waals surface area contributed by atoms with Crippen LogP contribution in [-0.2, 0) is 0 Å². The molecule has 0 aliphatic carbocycles. The zero-order chi connectivity index (χ0) is 13.8. The Bertz CT molecular complexity index is 577. The van der Waals surface area contributed by atoms with E-state index in [0.717, 1.165) is 24.9 Å². The van der Waals surface area contributed by atoms with E-state index in [9.17, 15) is 0 Å². The number of hydrogen-bond acceptors (Lipinski definition) is 3. The smallest absolute Gasteiger partial charge is 0.137 e. The van der Waals surface area contributed by atoms with Crippen molar-refractivity contribution in [2.45, 2.75) is 13.0 Å². The van der Waals surface area contributed by atoms with Crippen LogP contribution in [-0.4, -0.2) is 11.6 Å². The van der Waals surface area contributed by atoms with E-state index in [4.69, 9.17) is 10.5 Å². The van der Waals surface area contributed by atoms with Gasteiger partial charge in [0.25, 0.3) is 0 Å². The molecule has 0 aliphatic heterocycles. The first-order valence-electron chi connectivity index (χ1n) is 5.90. The van der Waals surface area contributed by atoms with Crippen LogP contribution in [0.2, 0.25) is 0 Å². The number of hydrogen-bond donors (Lipinski definition) is 1. The lowest BCUT2D eigenvalue weighted by Crippen LogP contribution is -2.14. The summed E-state index contributed by atoms with van der Waals surface area (Å²) in [6.07, 6.45) is 3.48. The van der Waals surface area contributed by atoms with Crippen molar-refractivity contribution in [2.75, 3.05) is 6.61 Å². The van der Waals surface area contributed by atoms with Crippen LogP contribution in [0.5, 0.6) is 5.75 Å². The van der Waals surface area contributed by atoms with Gasteiger partial charge in [0.1, 0.15) is 5.75 Å². The van der Waals surface area contributed by atoms with Crippen molar-refractivity contribution in [3.63, 3.8) is 0 Å². The molecule has 0 saturated heterocycles. The second-order valence-corrected chi connectivity index (χ2v) is 6.11. The van der Waals surface area contributed by atoms with Crippen LogP contribution in [0.1, 0.15) is 24.1 Å². The van der Waals surface area contributed by atoms with E-state index in [1.54, 1.807) is 12.4 Å². The molecular formula is C14H14BrIN2O. The summed E-state index contributed by atoms with van der Waals surface area (Å²) in [7, 11) is 0. The quantitative estimate of drug-likeness (QED) is 0.745. The largest absolute Gasteiger partial charge is 0.492 e. The van der Waals surface area contributed by atoms with Gasteiger partial charge in [-0.3, -0.25) is 4.98 Å². The highest BCUT2D eigenvalue weighted by atomic mass is 127. The lowest BCUT2D eigenvalue weighted by molar-refractivity contribution is 0.338. The molecule has 1 heterocycles. The molecule has 1 atom stereocenters. The fourth-order valence-electron chi connectivity index (χ4n) is 1.78. The summed E-state index contributed by atoms with van der Waals surface area (Å²) in [6.45, 7) is 2.57. The third-order valence-electron chi connectivity index (χ3n) is 2.70. The van der Waals surface area contributed by atoms with Gasteiger partial charge < -0.3 is 10.5 Å². The van der Waals surface area contributed by atoms with E-state index < -0.39 is 0 Å². The van der Waals surface area contributed by atoms with Crippen molar-refractivity contribution in [3.05, 3.63) is 55.8 Å². The van der Waals surface area contributed by atoms with E-state index in [-0.39, 0.29) is 6.04 Å². The van der Waals surface area contributed by atoms with E-state index in [1.165, 1.54) is 0 Å². The van der Waals surface area contributed by atoms with Gasteiger partial charge in [-0.05, 0) is 64.9 Å². The Morgan fingerprint density at radius 3 is 2.89 bits per heavy atom. The van der Waals surface area contributed by atoms with Gasteiger partial charge in [-0.15, -0.1) is 0 Å². The number of benzene rings is 1. The predicted molar refractivity (Wildman–Crippen MR) is 88.3 cm³/mol. The molecule has 0 amide bonds. The fraction of sp³-hybridized carbons (Fsp3) is 0.214. The van der Waals surface area contributed by atoms with Crippen molar-refractivity contribution >= 4 is 38.5 Å². The number of aromatic nitrogens is 1. The first-order valence-corrected chi connectivity index (χ1v) is 7.77. The van der Waals surface area contributed by atoms with Gasteiger partial charge in [0.15, 0.2) is 0 Å². The monoisotopic (exact) mass is 432 g/mol. The van der Waals surface area contributed by atoms with Crippen LogP contribution >= 0.6 is 38.5 Å². The fourth-order valence-corrected chi connectivity index (χ4v) is 2.83. The molecule has 0 fully saturated rings. The van der Waals surface area contributed by atoms with Crippen LogP contribution in [0.3, 0.4) is 0 Å². The van der Waals surface area contributed by atoms with Crippen LogP contribution in [0.15, 0.2) is 41.1 Å². The number of halogens is 2. The molecule has 1 aromatic carbocycles. The maximum absolute atomic E-state index is 6.33. The van der Waals surface area contributed by atoms with Crippen molar-refractivity contribution in [1.82, 2.24) is 4.98 Å². The summed E-state index contributed by atoms with van der Waals surface area (Å²) in [4.78, 5) is 4.18. The standard InChI is InChI=1S/C14H14BrIN2O/c1-2-19-11-5-9(7-18-8-11)14(17)12-6-10(15)3-4-13(12)16/h3-8,14H,2,17H2,1H3. The average Bonchev–Trinajstić information content (AvgIpc) is 2.41. The van der Waals surface area contributed by atoms with Crippen molar-refractivity contribution < 1.29 is 4.74 Å². The Labute approximate surface area is 134 Å². The van der Waals surface area contributed by atoms with E-state index in [1.807, 2.05) is 31.2 Å². The van der Waals surface area contributed by atoms with Gasteiger partial charge in [-0.1, -0.05) is 15.9 Å². The molecule has 2 aromatic rings. The van der Waals surface area contributed by atoms with Crippen LogP contribution in [0, 0.1) is 3.57 Å². The third-order valence-corrected chi connectivity index (χ3v) is 4.17. The first kappa shape index (κ1) is 14.7. The molecule has 0 bridgehead atoms. The van der Waals surface area contributed by atoms with Gasteiger partial charge in [-0.25, -0.2) is 0 Å². The molecule has 1 aromatic heterocycles. The second kappa shape index (κ2) is 6.67. The van der Waals surface area contributed by atoms with Crippen LogP contribution < -0.4 is 10.5 Å². The highest BCUT2D eigenvalue weighted by Crippen LogP contribution is 2.28. The van der Waals surface area contributed by atoms with Crippen LogP contribution in [0.25, 0.3) is 0 Å². The van der Waals surface area contributed by atoms with Crippen molar-refractivity contribution in [2.24, 2.45) is 5.73 Å². The van der Waals surface area contributed by atoms with Crippen LogP contribution in [0.4, 0.5) is 0 Å². The molecular weight excluding hydrogens is 419 g/mol. The number of nitrogens with two attached hydrogens (primary N) is 1. The lowest BCUT2D eigenvalue weighted by atomic mass is 10.0. The molecule has 5 heteroatoms. The Morgan fingerprint density at radius 1 is 1.37 bits per heavy atom. The summed E-state index contributed by atoms with van der Waals surface area (Å²) in [6, 6.07) is 7.82. The molecule has 0 aliphatic rings. The summed E-state index contributed by atoms with van der Waals surface area (Å²) < 4.78 is 7.61. The number of pyridine rings is 1. The average molecular weight is 433 g/mol. The third kappa shape index (κ3) is 3.67. The van der Waals surface area contributed by atoms with Gasteiger partial charge in [0.05, 0.1) is 18.8 Å². The minimum Gasteiger partial charge on any atom is -0.492 e. The summed E-state index contributed by atoms with van der Waals surface area (Å²) in [5.41, 5.74) is 8.35. The van der Waals surface area contributed by atoms with Gasteiger partial charge in [0, 0.05) is 14.2 Å². The zero-order valence-corrected chi connectivity index (χ0v) is 14.2. The minimum absolute atomic E-state index is 0.211. The molecule has 0 saturated carbocycles. The molecule has 100 valence electrons. The first-order chi connectivity index (χ1) is 9.11. The Balaban J connectivity index is 2.35. The number of ether oxygens (including phenoxy) is 1. The summed E-state index contributed by atoms with van der Waals surface area (Å²) in [5, 5.41) is 0.